The van der Waals surface area contributed by atoms with Crippen molar-refractivity contribution in [3.63, 3.8) is 0 Å². The van der Waals surface area contributed by atoms with E-state index in [-0.39, 0.29) is 18.3 Å². The minimum Gasteiger partial charge on any atom is -0.493 e. The summed E-state index contributed by atoms with van der Waals surface area (Å²) in [5.41, 5.74) is 0. The van der Waals surface area contributed by atoms with Crippen LogP contribution >= 0.6 is 28.3 Å². The van der Waals surface area contributed by atoms with Crippen molar-refractivity contribution >= 4 is 34.2 Å². The van der Waals surface area contributed by atoms with Crippen molar-refractivity contribution in [2.24, 2.45) is 5.92 Å². The molecule has 0 spiro atoms. The van der Waals surface area contributed by atoms with Crippen LogP contribution in [0.15, 0.2) is 28.7 Å². The number of benzene rings is 1. The lowest BCUT2D eigenvalue weighted by Gasteiger charge is -2.16. The van der Waals surface area contributed by atoms with E-state index >= 15 is 0 Å². The highest BCUT2D eigenvalue weighted by Gasteiger charge is 2.25. The second-order valence-corrected chi connectivity index (χ2v) is 6.02. The highest BCUT2D eigenvalue weighted by atomic mass is 79.9. The minimum absolute atomic E-state index is 0. The molecule has 6 heteroatoms. The molecule has 1 unspecified atom stereocenters. The monoisotopic (exact) mass is 376 g/mol. The average Bonchev–Trinajstić information content (AvgIpc) is 2.88. The molecule has 1 N–H and O–H groups in total. The van der Waals surface area contributed by atoms with Crippen LogP contribution in [0.4, 0.5) is 0 Å². The van der Waals surface area contributed by atoms with Crippen LogP contribution in [0, 0.1) is 5.92 Å². The number of carbonyl (C=O) groups excluding carboxylic acids is 1. The maximum absolute atomic E-state index is 12.1. The molecule has 1 atom stereocenters. The van der Waals surface area contributed by atoms with Crippen LogP contribution in [-0.4, -0.2) is 44.1 Å². The van der Waals surface area contributed by atoms with Crippen molar-refractivity contribution < 1.29 is 9.53 Å². The van der Waals surface area contributed by atoms with Crippen LogP contribution in [0.1, 0.15) is 12.8 Å². The Labute approximate surface area is 140 Å². The Balaban J connectivity index is 0.00000220. The minimum atomic E-state index is 0. The Bertz CT molecular complexity index is 459. The molecule has 4 nitrogen and oxygen atoms in total. The summed E-state index contributed by atoms with van der Waals surface area (Å²) in [5, 5.41) is 3.17. The predicted octanol–water partition coefficient (Wildman–Crippen LogP) is 2.71. The number of nitrogens with zero attached hydrogens (tertiary/aromatic N) is 1. The summed E-state index contributed by atoms with van der Waals surface area (Å²) >= 11 is 3.40. The van der Waals surface area contributed by atoms with Gasteiger partial charge in [-0.25, -0.2) is 0 Å². The Morgan fingerprint density at radius 1 is 1.52 bits per heavy atom. The molecule has 0 aliphatic carbocycles. The SMILES string of the molecule is CNCC1CCN(C(=O)CCOc2cccc(Br)c2)C1.Cl. The van der Waals surface area contributed by atoms with E-state index < -0.39 is 0 Å². The highest BCUT2D eigenvalue weighted by Crippen LogP contribution is 2.19. The van der Waals surface area contributed by atoms with Gasteiger partial charge in [-0.1, -0.05) is 22.0 Å². The third-order valence-electron chi connectivity index (χ3n) is 3.51. The summed E-state index contributed by atoms with van der Waals surface area (Å²) in [6.07, 6.45) is 1.54. The highest BCUT2D eigenvalue weighted by molar-refractivity contribution is 9.10. The third-order valence-corrected chi connectivity index (χ3v) is 4.01. The van der Waals surface area contributed by atoms with Crippen LogP contribution in [0.25, 0.3) is 0 Å². The second kappa shape index (κ2) is 9.28. The third kappa shape index (κ3) is 5.85. The van der Waals surface area contributed by atoms with Crippen LogP contribution in [-0.2, 0) is 4.79 Å². The number of rotatable bonds is 6. The standard InChI is InChI=1S/C15H21BrN2O2.ClH/c1-17-10-12-5-7-18(11-12)15(19)6-8-20-14-4-2-3-13(16)9-14;/h2-4,9,12,17H,5-8,10-11H2,1H3;1H. The van der Waals surface area contributed by atoms with E-state index in [0.29, 0.717) is 18.9 Å². The normalized spacial score (nSPS) is 17.4. The van der Waals surface area contributed by atoms with Crippen molar-refractivity contribution in [3.8, 4) is 5.75 Å². The smallest absolute Gasteiger partial charge is 0.226 e. The molecule has 1 aliphatic heterocycles. The first-order chi connectivity index (χ1) is 9.69. The van der Waals surface area contributed by atoms with Gasteiger partial charge < -0.3 is 15.0 Å². The summed E-state index contributed by atoms with van der Waals surface area (Å²) in [6.45, 7) is 3.17. The zero-order chi connectivity index (χ0) is 14.4. The fourth-order valence-electron chi connectivity index (χ4n) is 2.49. The number of carbonyl (C=O) groups is 1. The van der Waals surface area contributed by atoms with Gasteiger partial charge in [-0.3, -0.25) is 4.79 Å². The molecule has 0 aromatic heterocycles. The van der Waals surface area contributed by atoms with Gasteiger partial charge >= 0.3 is 0 Å². The van der Waals surface area contributed by atoms with Gasteiger partial charge in [0.1, 0.15) is 5.75 Å². The molecule has 1 aromatic carbocycles. The quantitative estimate of drug-likeness (QED) is 0.829. The fraction of sp³-hybridized carbons (Fsp3) is 0.533. The number of hydrogen-bond acceptors (Lipinski definition) is 3. The summed E-state index contributed by atoms with van der Waals surface area (Å²) in [5.74, 6) is 1.58. The average molecular weight is 378 g/mol. The molecule has 1 saturated heterocycles. The van der Waals surface area contributed by atoms with Gasteiger partial charge in [0.25, 0.3) is 0 Å². The number of halogens is 2. The fourth-order valence-corrected chi connectivity index (χ4v) is 2.86. The molecular weight excluding hydrogens is 356 g/mol. The van der Waals surface area contributed by atoms with Gasteiger partial charge in [0.2, 0.25) is 5.91 Å². The van der Waals surface area contributed by atoms with E-state index in [1.165, 1.54) is 0 Å². The number of likely N-dealkylation sites (tertiary alicyclic amines) is 1. The van der Waals surface area contributed by atoms with E-state index in [9.17, 15) is 4.79 Å². The number of nitrogens with one attached hydrogen (secondary N) is 1. The molecule has 1 fully saturated rings. The molecule has 0 saturated carbocycles. The van der Waals surface area contributed by atoms with Gasteiger partial charge in [0.15, 0.2) is 0 Å². The zero-order valence-electron chi connectivity index (χ0n) is 12.2. The lowest BCUT2D eigenvalue weighted by atomic mass is 10.1. The summed E-state index contributed by atoms with van der Waals surface area (Å²) in [4.78, 5) is 14.0. The van der Waals surface area contributed by atoms with Gasteiger partial charge in [-0.15, -0.1) is 12.4 Å². The first-order valence-electron chi connectivity index (χ1n) is 7.00. The molecule has 1 heterocycles. The van der Waals surface area contributed by atoms with Gasteiger partial charge in [0, 0.05) is 17.6 Å². The van der Waals surface area contributed by atoms with Crippen molar-refractivity contribution in [1.82, 2.24) is 10.2 Å². The lowest BCUT2D eigenvalue weighted by Crippen LogP contribution is -2.31. The largest absolute Gasteiger partial charge is 0.493 e. The molecule has 2 rings (SSSR count). The lowest BCUT2D eigenvalue weighted by molar-refractivity contribution is -0.130. The van der Waals surface area contributed by atoms with Crippen molar-refractivity contribution in [2.45, 2.75) is 12.8 Å². The number of ether oxygens (including phenoxy) is 1. The van der Waals surface area contributed by atoms with Crippen molar-refractivity contribution in [2.75, 3.05) is 33.3 Å². The molecule has 118 valence electrons. The molecular formula is C15H22BrClN2O2. The topological polar surface area (TPSA) is 41.6 Å². The summed E-state index contributed by atoms with van der Waals surface area (Å²) in [6, 6.07) is 7.67. The van der Waals surface area contributed by atoms with E-state index in [1.54, 1.807) is 0 Å². The van der Waals surface area contributed by atoms with E-state index in [0.717, 1.165) is 36.3 Å². The van der Waals surface area contributed by atoms with E-state index in [2.05, 4.69) is 21.2 Å². The Morgan fingerprint density at radius 2 is 2.33 bits per heavy atom. The molecule has 0 bridgehead atoms. The molecule has 1 amide bonds. The van der Waals surface area contributed by atoms with Gasteiger partial charge in [-0.2, -0.15) is 0 Å². The van der Waals surface area contributed by atoms with E-state index in [4.69, 9.17) is 4.74 Å². The maximum atomic E-state index is 12.1. The van der Waals surface area contributed by atoms with Crippen LogP contribution < -0.4 is 10.1 Å². The molecule has 1 aromatic rings. The first kappa shape index (κ1) is 18.3. The number of hydrogen-bond donors (Lipinski definition) is 1. The zero-order valence-corrected chi connectivity index (χ0v) is 14.6. The predicted molar refractivity (Wildman–Crippen MR) is 90.1 cm³/mol. The summed E-state index contributed by atoms with van der Waals surface area (Å²) in [7, 11) is 1.95. The second-order valence-electron chi connectivity index (χ2n) is 5.11. The van der Waals surface area contributed by atoms with Crippen molar-refractivity contribution in [3.05, 3.63) is 28.7 Å². The van der Waals surface area contributed by atoms with Crippen molar-refractivity contribution in [1.29, 1.82) is 0 Å². The van der Waals surface area contributed by atoms with Gasteiger partial charge in [0.05, 0.1) is 13.0 Å². The van der Waals surface area contributed by atoms with Gasteiger partial charge in [-0.05, 0) is 44.1 Å². The van der Waals surface area contributed by atoms with Crippen LogP contribution in [0.3, 0.4) is 0 Å². The summed E-state index contributed by atoms with van der Waals surface area (Å²) < 4.78 is 6.58. The first-order valence-corrected chi connectivity index (χ1v) is 7.79. The maximum Gasteiger partial charge on any atom is 0.226 e. The molecule has 21 heavy (non-hydrogen) atoms. The Hall–Kier alpha value is -0.780. The molecule has 0 radical (unpaired) electrons. The van der Waals surface area contributed by atoms with Crippen LogP contribution in [0.5, 0.6) is 5.75 Å². The Kier molecular flexibility index (Phi) is 8.07. The van der Waals surface area contributed by atoms with Crippen LogP contribution in [0.2, 0.25) is 0 Å². The number of amides is 1. The Morgan fingerprint density at radius 3 is 3.05 bits per heavy atom. The molecule has 1 aliphatic rings. The van der Waals surface area contributed by atoms with E-state index in [1.807, 2.05) is 36.2 Å².